The van der Waals surface area contributed by atoms with Crippen LogP contribution in [-0.4, -0.2) is 23.0 Å². The SMILES string of the molecule is CCc1ccc(CCCCC[C@@H]2C[C@@H]3CC(=O)NC[C@H]2S3)cc1. The van der Waals surface area contributed by atoms with E-state index in [2.05, 4.69) is 48.3 Å². The largest absolute Gasteiger partial charge is 0.355 e. The summed E-state index contributed by atoms with van der Waals surface area (Å²) in [6, 6.07) is 9.12. The number of carbonyl (C=O) groups is 1. The molecule has 3 atom stereocenters. The van der Waals surface area contributed by atoms with Crippen molar-refractivity contribution < 1.29 is 4.79 Å². The number of carbonyl (C=O) groups excluding carboxylic acids is 1. The molecule has 1 aromatic carbocycles. The van der Waals surface area contributed by atoms with Gasteiger partial charge in [0.25, 0.3) is 0 Å². The maximum Gasteiger partial charge on any atom is 0.221 e. The van der Waals surface area contributed by atoms with E-state index in [4.69, 9.17) is 0 Å². The Kier molecular flexibility index (Phi) is 6.04. The fourth-order valence-corrected chi connectivity index (χ4v) is 5.65. The minimum Gasteiger partial charge on any atom is -0.355 e. The smallest absolute Gasteiger partial charge is 0.221 e. The molecule has 0 aliphatic carbocycles. The van der Waals surface area contributed by atoms with Gasteiger partial charge < -0.3 is 5.32 Å². The highest BCUT2D eigenvalue weighted by atomic mass is 32.2. The van der Waals surface area contributed by atoms with E-state index in [0.29, 0.717) is 10.5 Å². The van der Waals surface area contributed by atoms with E-state index in [1.807, 2.05) is 0 Å². The maximum atomic E-state index is 11.5. The first-order chi connectivity index (χ1) is 11.2. The van der Waals surface area contributed by atoms with Gasteiger partial charge in [-0.1, -0.05) is 44.0 Å². The number of rotatable bonds is 7. The van der Waals surface area contributed by atoms with Gasteiger partial charge in [0.15, 0.2) is 0 Å². The molecule has 23 heavy (non-hydrogen) atoms. The lowest BCUT2D eigenvalue weighted by atomic mass is 9.91. The zero-order chi connectivity index (χ0) is 16.1. The fourth-order valence-electron chi connectivity index (χ4n) is 3.90. The number of hydrogen-bond acceptors (Lipinski definition) is 2. The summed E-state index contributed by atoms with van der Waals surface area (Å²) in [6.07, 6.45) is 9.67. The van der Waals surface area contributed by atoms with Crippen LogP contribution in [0.4, 0.5) is 0 Å². The van der Waals surface area contributed by atoms with E-state index in [1.54, 1.807) is 0 Å². The number of benzene rings is 1. The van der Waals surface area contributed by atoms with Gasteiger partial charge in [-0.3, -0.25) is 4.79 Å². The maximum absolute atomic E-state index is 11.5. The molecule has 2 heterocycles. The summed E-state index contributed by atoms with van der Waals surface area (Å²) in [6.45, 7) is 3.10. The van der Waals surface area contributed by atoms with Crippen molar-refractivity contribution in [2.24, 2.45) is 5.92 Å². The zero-order valence-electron chi connectivity index (χ0n) is 14.2. The van der Waals surface area contributed by atoms with Gasteiger partial charge in [-0.25, -0.2) is 0 Å². The number of fused-ring (bicyclic) bond motifs is 2. The summed E-state index contributed by atoms with van der Waals surface area (Å²) in [7, 11) is 0. The Bertz CT molecular complexity index is 513. The van der Waals surface area contributed by atoms with Crippen LogP contribution in [-0.2, 0) is 17.6 Å². The van der Waals surface area contributed by atoms with E-state index in [1.165, 1.54) is 49.7 Å². The summed E-state index contributed by atoms with van der Waals surface area (Å²) in [5.41, 5.74) is 2.91. The second-order valence-electron chi connectivity index (χ2n) is 7.07. The van der Waals surface area contributed by atoms with Crippen LogP contribution < -0.4 is 5.32 Å². The molecule has 3 rings (SSSR count). The highest BCUT2D eigenvalue weighted by Crippen LogP contribution is 2.43. The van der Waals surface area contributed by atoms with Crippen LogP contribution in [0.1, 0.15) is 56.6 Å². The minimum atomic E-state index is 0.262. The molecule has 2 nitrogen and oxygen atoms in total. The zero-order valence-corrected chi connectivity index (χ0v) is 15.0. The molecule has 1 N–H and O–H groups in total. The van der Waals surface area contributed by atoms with Crippen LogP contribution >= 0.6 is 11.8 Å². The van der Waals surface area contributed by atoms with E-state index in [9.17, 15) is 4.79 Å². The van der Waals surface area contributed by atoms with Gasteiger partial charge in [0, 0.05) is 23.5 Å². The van der Waals surface area contributed by atoms with Gasteiger partial charge in [-0.2, -0.15) is 11.8 Å². The van der Waals surface area contributed by atoms with Crippen molar-refractivity contribution in [3.05, 3.63) is 35.4 Å². The summed E-state index contributed by atoms with van der Waals surface area (Å²) in [5, 5.41) is 4.34. The van der Waals surface area contributed by atoms with E-state index in [0.717, 1.165) is 25.3 Å². The van der Waals surface area contributed by atoms with E-state index >= 15 is 0 Å². The standard InChI is InChI=1S/C20H29NOS/c1-2-15-8-10-16(11-9-15)6-4-3-5-7-17-12-18-13-20(22)21-14-19(17)23-18/h8-11,17-19H,2-7,12-14H2,1H3,(H,21,22)/t17-,18-,19-/m1/s1. The molecule has 0 aromatic heterocycles. The van der Waals surface area contributed by atoms with Crippen molar-refractivity contribution in [3.8, 4) is 0 Å². The second-order valence-corrected chi connectivity index (χ2v) is 8.61. The van der Waals surface area contributed by atoms with Gasteiger partial charge in [-0.15, -0.1) is 0 Å². The Morgan fingerprint density at radius 3 is 2.70 bits per heavy atom. The van der Waals surface area contributed by atoms with Crippen LogP contribution in [0.5, 0.6) is 0 Å². The monoisotopic (exact) mass is 331 g/mol. The Hall–Kier alpha value is -0.960. The van der Waals surface area contributed by atoms with Crippen molar-refractivity contribution in [1.82, 2.24) is 5.32 Å². The normalized spacial score (nSPS) is 26.8. The molecule has 1 amide bonds. The Morgan fingerprint density at radius 1 is 1.13 bits per heavy atom. The lowest BCUT2D eigenvalue weighted by Crippen LogP contribution is -2.33. The Morgan fingerprint density at radius 2 is 1.91 bits per heavy atom. The van der Waals surface area contributed by atoms with Gasteiger partial charge in [0.1, 0.15) is 0 Å². The molecule has 0 unspecified atom stereocenters. The summed E-state index contributed by atoms with van der Waals surface area (Å²) >= 11 is 2.07. The first-order valence-electron chi connectivity index (χ1n) is 9.24. The first kappa shape index (κ1) is 16.9. The highest BCUT2D eigenvalue weighted by molar-refractivity contribution is 8.00. The molecule has 2 saturated heterocycles. The summed E-state index contributed by atoms with van der Waals surface area (Å²) < 4.78 is 0. The predicted octanol–water partition coefficient (Wildman–Crippen LogP) is 4.36. The third-order valence-electron chi connectivity index (χ3n) is 5.34. The van der Waals surface area contributed by atoms with Gasteiger partial charge >= 0.3 is 0 Å². The molecule has 0 radical (unpaired) electrons. The number of unbranched alkanes of at least 4 members (excludes halogenated alkanes) is 2. The van der Waals surface area contributed by atoms with E-state index < -0.39 is 0 Å². The van der Waals surface area contributed by atoms with Crippen LogP contribution in [0.2, 0.25) is 0 Å². The molecule has 126 valence electrons. The molecular weight excluding hydrogens is 302 g/mol. The second kappa shape index (κ2) is 8.23. The van der Waals surface area contributed by atoms with Crippen molar-refractivity contribution in [3.63, 3.8) is 0 Å². The average molecular weight is 332 g/mol. The number of nitrogens with one attached hydrogen (secondary N) is 1. The van der Waals surface area contributed by atoms with Crippen LogP contribution in [0.15, 0.2) is 24.3 Å². The first-order valence-corrected chi connectivity index (χ1v) is 10.2. The molecule has 2 bridgehead atoms. The molecular formula is C20H29NOS. The fraction of sp³-hybridized carbons (Fsp3) is 0.650. The molecule has 3 heteroatoms. The van der Waals surface area contributed by atoms with Gasteiger partial charge in [0.2, 0.25) is 5.91 Å². The quantitative estimate of drug-likeness (QED) is 0.752. The van der Waals surface area contributed by atoms with Crippen LogP contribution in [0, 0.1) is 5.92 Å². The van der Waals surface area contributed by atoms with Crippen molar-refractivity contribution in [2.75, 3.05) is 6.54 Å². The minimum absolute atomic E-state index is 0.262. The molecule has 0 spiro atoms. The third kappa shape index (κ3) is 4.76. The summed E-state index contributed by atoms with van der Waals surface area (Å²) in [4.78, 5) is 11.5. The molecule has 2 aliphatic heterocycles. The Labute approximate surface area is 144 Å². The Balaban J connectivity index is 1.33. The van der Waals surface area contributed by atoms with Crippen molar-refractivity contribution >= 4 is 17.7 Å². The third-order valence-corrected chi connectivity index (χ3v) is 6.99. The number of hydrogen-bond donors (Lipinski definition) is 1. The average Bonchev–Trinajstić information content (AvgIpc) is 2.83. The number of amides is 1. The predicted molar refractivity (Wildman–Crippen MR) is 98.9 cm³/mol. The lowest BCUT2D eigenvalue weighted by Gasteiger charge is -2.19. The molecule has 1 aromatic rings. The molecule has 2 fully saturated rings. The molecule has 2 aliphatic rings. The van der Waals surface area contributed by atoms with Gasteiger partial charge in [-0.05, 0) is 49.1 Å². The van der Waals surface area contributed by atoms with Crippen LogP contribution in [0.25, 0.3) is 0 Å². The van der Waals surface area contributed by atoms with Crippen molar-refractivity contribution in [1.29, 1.82) is 0 Å². The van der Waals surface area contributed by atoms with Crippen molar-refractivity contribution in [2.45, 2.75) is 68.8 Å². The van der Waals surface area contributed by atoms with E-state index in [-0.39, 0.29) is 5.91 Å². The number of thioether (sulfide) groups is 1. The van der Waals surface area contributed by atoms with Gasteiger partial charge in [0.05, 0.1) is 0 Å². The number of aryl methyl sites for hydroxylation is 2. The topological polar surface area (TPSA) is 29.1 Å². The lowest BCUT2D eigenvalue weighted by molar-refractivity contribution is -0.121. The summed E-state index contributed by atoms with van der Waals surface area (Å²) in [5.74, 6) is 1.09. The highest BCUT2D eigenvalue weighted by Gasteiger charge is 2.37. The molecule has 0 saturated carbocycles. The van der Waals surface area contributed by atoms with Crippen LogP contribution in [0.3, 0.4) is 0 Å².